The molecule has 1 aliphatic heterocycles. The number of para-hydroxylation sites is 1. The highest BCUT2D eigenvalue weighted by Crippen LogP contribution is 2.42. The highest BCUT2D eigenvalue weighted by atomic mass is 35.5. The van der Waals surface area contributed by atoms with Gasteiger partial charge in [0.05, 0.1) is 5.88 Å². The van der Waals surface area contributed by atoms with Crippen LogP contribution in [0.5, 0.6) is 5.75 Å². The van der Waals surface area contributed by atoms with E-state index in [2.05, 4.69) is 30.3 Å². The van der Waals surface area contributed by atoms with Gasteiger partial charge in [0.2, 0.25) is 0 Å². The lowest BCUT2D eigenvalue weighted by atomic mass is 9.87. The number of ether oxygens (including phenoxy) is 1. The Morgan fingerprint density at radius 2 is 1.76 bits per heavy atom. The molecule has 21 heavy (non-hydrogen) atoms. The number of alkyl halides is 1. The molecule has 1 N–H and O–H groups in total. The van der Waals surface area contributed by atoms with Gasteiger partial charge in [-0.05, 0) is 24.5 Å². The van der Waals surface area contributed by atoms with Crippen LogP contribution in [-0.2, 0) is 6.42 Å². The first-order chi connectivity index (χ1) is 10.3. The number of benzene rings is 2. The van der Waals surface area contributed by atoms with E-state index in [9.17, 15) is 5.11 Å². The Bertz CT molecular complexity index is 585. The Hall–Kier alpha value is -1.51. The van der Waals surface area contributed by atoms with Crippen molar-refractivity contribution >= 4 is 11.6 Å². The van der Waals surface area contributed by atoms with E-state index in [1.807, 2.05) is 24.3 Å². The van der Waals surface area contributed by atoms with E-state index >= 15 is 0 Å². The van der Waals surface area contributed by atoms with Crippen molar-refractivity contribution in [1.29, 1.82) is 0 Å². The molecule has 0 radical (unpaired) electrons. The van der Waals surface area contributed by atoms with Crippen LogP contribution in [0.25, 0.3) is 0 Å². The largest absolute Gasteiger partial charge is 0.487 e. The number of hydrogen-bond acceptors (Lipinski definition) is 2. The second kappa shape index (κ2) is 6.50. The number of aliphatic hydroxyl groups excluding tert-OH is 1. The topological polar surface area (TPSA) is 29.5 Å². The van der Waals surface area contributed by atoms with E-state index in [0.29, 0.717) is 0 Å². The van der Waals surface area contributed by atoms with Crippen molar-refractivity contribution in [2.45, 2.75) is 31.0 Å². The van der Waals surface area contributed by atoms with Gasteiger partial charge < -0.3 is 9.84 Å². The standard InChI is InChI=1S/C18H19ClO2/c19-12-16(20)18-15(11-10-13-6-2-1-3-7-13)14-8-4-5-9-17(14)21-18/h1-9,15-16,18,20H,10-12H2. The number of fused-ring (bicyclic) bond motifs is 1. The van der Waals surface area contributed by atoms with Gasteiger partial charge in [-0.25, -0.2) is 0 Å². The molecule has 0 spiro atoms. The van der Waals surface area contributed by atoms with Crippen LogP contribution in [0.2, 0.25) is 0 Å². The van der Waals surface area contributed by atoms with Gasteiger partial charge in [-0.2, -0.15) is 0 Å². The van der Waals surface area contributed by atoms with Gasteiger partial charge in [0.25, 0.3) is 0 Å². The van der Waals surface area contributed by atoms with Crippen molar-refractivity contribution < 1.29 is 9.84 Å². The van der Waals surface area contributed by atoms with Gasteiger partial charge in [0.1, 0.15) is 18.0 Å². The Kier molecular flexibility index (Phi) is 4.47. The average molecular weight is 303 g/mol. The molecular formula is C18H19ClO2. The minimum atomic E-state index is -0.639. The fraction of sp³-hybridized carbons (Fsp3) is 0.333. The smallest absolute Gasteiger partial charge is 0.133 e. The maximum atomic E-state index is 10.1. The first-order valence-electron chi connectivity index (χ1n) is 7.33. The molecule has 1 aliphatic rings. The molecule has 0 saturated heterocycles. The monoisotopic (exact) mass is 302 g/mol. The Morgan fingerprint density at radius 1 is 1.05 bits per heavy atom. The number of hydrogen-bond donors (Lipinski definition) is 1. The molecule has 3 heteroatoms. The molecule has 3 unspecified atom stereocenters. The van der Waals surface area contributed by atoms with Gasteiger partial charge >= 0.3 is 0 Å². The molecule has 110 valence electrons. The quantitative estimate of drug-likeness (QED) is 0.852. The lowest BCUT2D eigenvalue weighted by Gasteiger charge is -2.22. The van der Waals surface area contributed by atoms with Crippen LogP contribution in [-0.4, -0.2) is 23.2 Å². The van der Waals surface area contributed by atoms with Gasteiger partial charge in [0.15, 0.2) is 0 Å². The van der Waals surface area contributed by atoms with Crippen molar-refractivity contribution in [2.24, 2.45) is 0 Å². The molecule has 3 rings (SSSR count). The lowest BCUT2D eigenvalue weighted by Crippen LogP contribution is -2.34. The fourth-order valence-corrected chi connectivity index (χ4v) is 3.20. The molecule has 2 aromatic carbocycles. The minimum absolute atomic E-state index is 0.190. The third-order valence-corrected chi connectivity index (χ3v) is 4.42. The SMILES string of the molecule is OC(CCl)C1Oc2ccccc2C1CCc1ccccc1. The van der Waals surface area contributed by atoms with Crippen molar-refractivity contribution in [2.75, 3.05) is 5.88 Å². The second-order valence-corrected chi connectivity index (χ2v) is 5.78. The summed E-state index contributed by atoms with van der Waals surface area (Å²) < 4.78 is 5.93. The first kappa shape index (κ1) is 14.4. The van der Waals surface area contributed by atoms with Crippen LogP contribution in [0, 0.1) is 0 Å². The Balaban J connectivity index is 1.79. The predicted octanol–water partition coefficient (Wildman–Crippen LogP) is 3.76. The molecule has 0 aliphatic carbocycles. The summed E-state index contributed by atoms with van der Waals surface area (Å²) in [6.07, 6.45) is 1.03. The van der Waals surface area contributed by atoms with E-state index in [-0.39, 0.29) is 17.9 Å². The van der Waals surface area contributed by atoms with Crippen LogP contribution in [0.1, 0.15) is 23.5 Å². The third kappa shape index (κ3) is 3.07. The Morgan fingerprint density at radius 3 is 2.52 bits per heavy atom. The van der Waals surface area contributed by atoms with Crippen molar-refractivity contribution in [3.8, 4) is 5.75 Å². The van der Waals surface area contributed by atoms with Crippen molar-refractivity contribution in [3.05, 3.63) is 65.7 Å². The third-order valence-electron chi connectivity index (χ3n) is 4.10. The summed E-state index contributed by atoms with van der Waals surface area (Å²) in [5.41, 5.74) is 2.49. The van der Waals surface area contributed by atoms with Crippen LogP contribution in [0.15, 0.2) is 54.6 Å². The molecule has 0 amide bonds. The normalized spacial score (nSPS) is 21.6. The van der Waals surface area contributed by atoms with Crippen LogP contribution in [0.3, 0.4) is 0 Å². The summed E-state index contributed by atoms with van der Waals surface area (Å²) in [7, 11) is 0. The number of rotatable bonds is 5. The summed E-state index contributed by atoms with van der Waals surface area (Å²) >= 11 is 5.83. The average Bonchev–Trinajstić information content (AvgIpc) is 2.92. The van der Waals surface area contributed by atoms with Crippen LogP contribution >= 0.6 is 11.6 Å². The minimum Gasteiger partial charge on any atom is -0.487 e. The van der Waals surface area contributed by atoms with Gasteiger partial charge in [-0.1, -0.05) is 48.5 Å². The zero-order chi connectivity index (χ0) is 14.7. The van der Waals surface area contributed by atoms with E-state index in [0.717, 1.165) is 18.6 Å². The second-order valence-electron chi connectivity index (χ2n) is 5.47. The van der Waals surface area contributed by atoms with Crippen molar-refractivity contribution in [3.63, 3.8) is 0 Å². The molecule has 0 fully saturated rings. The number of aliphatic hydroxyl groups is 1. The summed E-state index contributed by atoms with van der Waals surface area (Å²) in [4.78, 5) is 0. The zero-order valence-electron chi connectivity index (χ0n) is 11.8. The Labute approximate surface area is 130 Å². The summed E-state index contributed by atoms with van der Waals surface area (Å²) in [6, 6.07) is 18.4. The molecule has 2 aromatic rings. The van der Waals surface area contributed by atoms with Gasteiger partial charge in [0, 0.05) is 11.5 Å². The van der Waals surface area contributed by atoms with Crippen LogP contribution < -0.4 is 4.74 Å². The van der Waals surface area contributed by atoms with E-state index in [1.165, 1.54) is 11.1 Å². The first-order valence-corrected chi connectivity index (χ1v) is 7.86. The maximum Gasteiger partial charge on any atom is 0.133 e. The van der Waals surface area contributed by atoms with E-state index < -0.39 is 6.10 Å². The maximum absolute atomic E-state index is 10.1. The molecule has 0 aromatic heterocycles. The zero-order valence-corrected chi connectivity index (χ0v) is 12.5. The summed E-state index contributed by atoms with van der Waals surface area (Å²) in [5.74, 6) is 1.26. The molecule has 1 heterocycles. The summed E-state index contributed by atoms with van der Waals surface area (Å²) in [5, 5.41) is 10.1. The highest BCUT2D eigenvalue weighted by molar-refractivity contribution is 6.18. The molecule has 0 bridgehead atoms. The van der Waals surface area contributed by atoms with Crippen molar-refractivity contribution in [1.82, 2.24) is 0 Å². The van der Waals surface area contributed by atoms with E-state index in [4.69, 9.17) is 16.3 Å². The molecule has 0 saturated carbocycles. The van der Waals surface area contributed by atoms with E-state index in [1.54, 1.807) is 0 Å². The molecule has 3 atom stereocenters. The predicted molar refractivity (Wildman–Crippen MR) is 85.1 cm³/mol. The molecule has 2 nitrogen and oxygen atoms in total. The highest BCUT2D eigenvalue weighted by Gasteiger charge is 2.37. The fourth-order valence-electron chi connectivity index (χ4n) is 3.02. The lowest BCUT2D eigenvalue weighted by molar-refractivity contribution is 0.0488. The molecular weight excluding hydrogens is 284 g/mol. The summed E-state index contributed by atoms with van der Waals surface area (Å²) in [6.45, 7) is 0. The van der Waals surface area contributed by atoms with Gasteiger partial charge in [-0.15, -0.1) is 11.6 Å². The van der Waals surface area contributed by atoms with Gasteiger partial charge in [-0.3, -0.25) is 0 Å². The number of halogens is 1. The van der Waals surface area contributed by atoms with Crippen LogP contribution in [0.4, 0.5) is 0 Å². The number of aryl methyl sites for hydroxylation is 1.